The lowest BCUT2D eigenvalue weighted by Crippen LogP contribution is -2.23. The maximum absolute atomic E-state index is 11.0. The van der Waals surface area contributed by atoms with Gasteiger partial charge in [-0.05, 0) is 29.7 Å². The number of aromatic nitrogens is 2. The van der Waals surface area contributed by atoms with Gasteiger partial charge in [0.25, 0.3) is 0 Å². The van der Waals surface area contributed by atoms with Crippen LogP contribution >= 0.6 is 11.6 Å². The number of rotatable bonds is 3. The Balaban J connectivity index is 2.18. The summed E-state index contributed by atoms with van der Waals surface area (Å²) >= 11 is 5.65. The van der Waals surface area contributed by atoms with Crippen molar-refractivity contribution in [3.8, 4) is 11.1 Å². The van der Waals surface area contributed by atoms with Gasteiger partial charge in [-0.25, -0.2) is 9.97 Å². The van der Waals surface area contributed by atoms with Crippen molar-refractivity contribution in [2.75, 3.05) is 0 Å². The molecule has 0 saturated carbocycles. The maximum atomic E-state index is 11.0. The molecule has 1 amide bonds. The van der Waals surface area contributed by atoms with Crippen molar-refractivity contribution in [3.63, 3.8) is 0 Å². The number of benzene rings is 1. The molecule has 1 N–H and O–H groups in total. The number of carbonyl (C=O) groups excluding carboxylic acids is 1. The van der Waals surface area contributed by atoms with Gasteiger partial charge in [-0.2, -0.15) is 0 Å². The molecule has 5 heteroatoms. The lowest BCUT2D eigenvalue weighted by atomic mass is 10.0. The molecular weight excluding hydrogens is 262 g/mol. The topological polar surface area (TPSA) is 54.9 Å². The van der Waals surface area contributed by atoms with Crippen LogP contribution in [0, 0.1) is 0 Å². The monoisotopic (exact) mass is 275 g/mol. The second-order valence-corrected chi connectivity index (χ2v) is 4.62. The molecule has 0 aliphatic carbocycles. The van der Waals surface area contributed by atoms with E-state index in [0.29, 0.717) is 0 Å². The van der Waals surface area contributed by atoms with Crippen LogP contribution in [-0.4, -0.2) is 15.9 Å². The van der Waals surface area contributed by atoms with Crippen LogP contribution in [0.15, 0.2) is 36.7 Å². The lowest BCUT2D eigenvalue weighted by Gasteiger charge is -2.13. The summed E-state index contributed by atoms with van der Waals surface area (Å²) < 4.78 is 0. The first-order valence-electron chi connectivity index (χ1n) is 5.91. The summed E-state index contributed by atoms with van der Waals surface area (Å²) in [5, 5.41) is 3.08. The van der Waals surface area contributed by atoms with Gasteiger partial charge in [-0.15, -0.1) is 0 Å². The van der Waals surface area contributed by atoms with Gasteiger partial charge in [-0.1, -0.05) is 24.3 Å². The first-order chi connectivity index (χ1) is 9.06. The fourth-order valence-electron chi connectivity index (χ4n) is 1.81. The maximum Gasteiger partial charge on any atom is 0.222 e. The van der Waals surface area contributed by atoms with Gasteiger partial charge in [-0.3, -0.25) is 4.79 Å². The van der Waals surface area contributed by atoms with Gasteiger partial charge >= 0.3 is 0 Å². The van der Waals surface area contributed by atoms with Crippen LogP contribution in [0.25, 0.3) is 11.1 Å². The van der Waals surface area contributed by atoms with E-state index in [1.165, 1.54) is 6.92 Å². The van der Waals surface area contributed by atoms with Crippen LogP contribution in [0.1, 0.15) is 25.5 Å². The van der Waals surface area contributed by atoms with Gasteiger partial charge in [0.1, 0.15) is 0 Å². The van der Waals surface area contributed by atoms with Crippen LogP contribution < -0.4 is 5.32 Å². The van der Waals surface area contributed by atoms with Gasteiger partial charge in [0.15, 0.2) is 0 Å². The molecule has 0 bridgehead atoms. The molecule has 2 aromatic rings. The van der Waals surface area contributed by atoms with Crippen molar-refractivity contribution >= 4 is 17.5 Å². The van der Waals surface area contributed by atoms with E-state index in [1.807, 2.05) is 31.2 Å². The van der Waals surface area contributed by atoms with Crippen molar-refractivity contribution in [1.29, 1.82) is 0 Å². The number of amides is 1. The van der Waals surface area contributed by atoms with Crippen molar-refractivity contribution in [2.45, 2.75) is 19.9 Å². The minimum Gasteiger partial charge on any atom is -0.350 e. The zero-order valence-corrected chi connectivity index (χ0v) is 11.5. The quantitative estimate of drug-likeness (QED) is 0.876. The van der Waals surface area contributed by atoms with Crippen LogP contribution in [0.3, 0.4) is 0 Å². The van der Waals surface area contributed by atoms with E-state index in [1.54, 1.807) is 12.4 Å². The average molecular weight is 276 g/mol. The lowest BCUT2D eigenvalue weighted by molar-refractivity contribution is -0.119. The van der Waals surface area contributed by atoms with Crippen LogP contribution in [0.5, 0.6) is 0 Å². The first kappa shape index (κ1) is 13.5. The zero-order valence-electron chi connectivity index (χ0n) is 10.7. The minimum atomic E-state index is -0.0392. The Hall–Kier alpha value is -1.94. The molecule has 1 aromatic heterocycles. The smallest absolute Gasteiger partial charge is 0.222 e. The second-order valence-electron chi connectivity index (χ2n) is 4.28. The molecule has 0 aliphatic rings. The van der Waals surface area contributed by atoms with Crippen molar-refractivity contribution in [3.05, 3.63) is 47.5 Å². The predicted molar refractivity (Wildman–Crippen MR) is 74.7 cm³/mol. The summed E-state index contributed by atoms with van der Waals surface area (Å²) in [5.74, 6) is -0.0392. The van der Waals surface area contributed by atoms with Crippen molar-refractivity contribution in [1.82, 2.24) is 15.3 Å². The zero-order chi connectivity index (χ0) is 13.8. The van der Waals surface area contributed by atoms with Gasteiger partial charge in [0.05, 0.1) is 6.04 Å². The van der Waals surface area contributed by atoms with Crippen LogP contribution in [-0.2, 0) is 4.79 Å². The molecular formula is C14H14ClN3O. The molecule has 0 spiro atoms. The van der Waals surface area contributed by atoms with E-state index >= 15 is 0 Å². The fourth-order valence-corrected chi connectivity index (χ4v) is 1.91. The molecule has 0 saturated heterocycles. The minimum absolute atomic E-state index is 0.00646. The molecule has 0 unspecified atom stereocenters. The Labute approximate surface area is 116 Å². The standard InChI is InChI=1S/C14H14ClN3O/c1-9(18-10(2)19)11-3-5-12(6-4-11)13-7-16-14(15)17-8-13/h3-9H,1-2H3,(H,18,19)/t9-/m0/s1. The van der Waals surface area contributed by atoms with Gasteiger partial charge in [0, 0.05) is 24.9 Å². The van der Waals surface area contributed by atoms with Crippen LogP contribution in [0.2, 0.25) is 5.28 Å². The average Bonchev–Trinajstić information content (AvgIpc) is 2.39. The highest BCUT2D eigenvalue weighted by Crippen LogP contribution is 2.21. The number of nitrogens with zero attached hydrogens (tertiary/aromatic N) is 2. The van der Waals surface area contributed by atoms with Gasteiger partial charge in [0.2, 0.25) is 11.2 Å². The number of nitrogens with one attached hydrogen (secondary N) is 1. The number of hydrogen-bond acceptors (Lipinski definition) is 3. The van der Waals surface area contributed by atoms with E-state index < -0.39 is 0 Å². The van der Waals surface area contributed by atoms with E-state index in [-0.39, 0.29) is 17.2 Å². The highest BCUT2D eigenvalue weighted by molar-refractivity contribution is 6.28. The summed E-state index contributed by atoms with van der Waals surface area (Å²) in [6.07, 6.45) is 3.36. The molecule has 98 valence electrons. The third kappa shape index (κ3) is 3.51. The van der Waals surface area contributed by atoms with E-state index in [0.717, 1.165) is 16.7 Å². The van der Waals surface area contributed by atoms with Crippen molar-refractivity contribution in [2.24, 2.45) is 0 Å². The summed E-state index contributed by atoms with van der Waals surface area (Å²) in [6.45, 7) is 3.46. The normalized spacial score (nSPS) is 11.9. The van der Waals surface area contributed by atoms with Gasteiger partial charge < -0.3 is 5.32 Å². The Morgan fingerprint density at radius 1 is 1.16 bits per heavy atom. The Morgan fingerprint density at radius 3 is 2.26 bits per heavy atom. The number of hydrogen-bond donors (Lipinski definition) is 1. The molecule has 2 rings (SSSR count). The third-order valence-electron chi connectivity index (χ3n) is 2.78. The fraction of sp³-hybridized carbons (Fsp3) is 0.214. The Kier molecular flexibility index (Phi) is 4.12. The van der Waals surface area contributed by atoms with E-state index in [9.17, 15) is 4.79 Å². The molecule has 1 aromatic carbocycles. The van der Waals surface area contributed by atoms with Crippen molar-refractivity contribution < 1.29 is 4.79 Å². The molecule has 1 heterocycles. The molecule has 4 nitrogen and oxygen atoms in total. The summed E-state index contributed by atoms with van der Waals surface area (Å²) in [4.78, 5) is 18.9. The first-order valence-corrected chi connectivity index (χ1v) is 6.29. The highest BCUT2D eigenvalue weighted by atomic mass is 35.5. The molecule has 0 radical (unpaired) electrons. The SMILES string of the molecule is CC(=O)N[C@@H](C)c1ccc(-c2cnc(Cl)nc2)cc1. The van der Waals surface area contributed by atoms with E-state index in [4.69, 9.17) is 11.6 Å². The molecule has 0 fully saturated rings. The molecule has 0 aliphatic heterocycles. The largest absolute Gasteiger partial charge is 0.350 e. The van der Waals surface area contributed by atoms with E-state index in [2.05, 4.69) is 15.3 Å². The number of halogens is 1. The number of carbonyl (C=O) groups is 1. The van der Waals surface area contributed by atoms with Crippen LogP contribution in [0.4, 0.5) is 0 Å². The summed E-state index contributed by atoms with van der Waals surface area (Å²) in [7, 11) is 0. The second kappa shape index (κ2) is 5.80. The Bertz CT molecular complexity index is 566. The summed E-state index contributed by atoms with van der Waals surface area (Å²) in [6, 6.07) is 7.89. The molecule has 1 atom stereocenters. The highest BCUT2D eigenvalue weighted by Gasteiger charge is 2.07. The molecule has 19 heavy (non-hydrogen) atoms. The Morgan fingerprint density at radius 2 is 1.74 bits per heavy atom. The predicted octanol–water partition coefficient (Wildman–Crippen LogP) is 2.99. The summed E-state index contributed by atoms with van der Waals surface area (Å²) in [5.41, 5.74) is 2.97. The third-order valence-corrected chi connectivity index (χ3v) is 2.98.